The summed E-state index contributed by atoms with van der Waals surface area (Å²) in [5.41, 5.74) is 1.28. The maximum atomic E-state index is 13.3. The van der Waals surface area contributed by atoms with Crippen molar-refractivity contribution in [2.24, 2.45) is 11.8 Å². The van der Waals surface area contributed by atoms with E-state index in [4.69, 9.17) is 4.42 Å². The topological polar surface area (TPSA) is 70.8 Å². The molecule has 1 amide bonds. The predicted molar refractivity (Wildman–Crippen MR) is 117 cm³/mol. The first kappa shape index (κ1) is 21.4. The van der Waals surface area contributed by atoms with Crippen molar-refractivity contribution < 1.29 is 17.6 Å². The summed E-state index contributed by atoms with van der Waals surface area (Å²) in [4.78, 5) is 15.2. The Morgan fingerprint density at radius 2 is 1.67 bits per heavy atom. The smallest absolute Gasteiger partial charge is 0.289 e. The van der Waals surface area contributed by atoms with Gasteiger partial charge in [0, 0.05) is 37.1 Å². The maximum Gasteiger partial charge on any atom is 0.289 e. The first-order chi connectivity index (χ1) is 14.3. The molecular formula is C23H32N2O4S. The molecule has 3 heterocycles. The number of furan rings is 1. The van der Waals surface area contributed by atoms with Crippen LogP contribution < -0.4 is 0 Å². The first-order valence-electron chi connectivity index (χ1n) is 11.1. The van der Waals surface area contributed by atoms with Crippen LogP contribution in [-0.4, -0.2) is 49.7 Å². The quantitative estimate of drug-likeness (QED) is 0.720. The van der Waals surface area contributed by atoms with Gasteiger partial charge >= 0.3 is 0 Å². The lowest BCUT2D eigenvalue weighted by atomic mass is 9.94. The van der Waals surface area contributed by atoms with E-state index < -0.39 is 10.0 Å². The van der Waals surface area contributed by atoms with Gasteiger partial charge in [0.25, 0.3) is 5.91 Å². The number of nitrogens with zero attached hydrogens (tertiary/aromatic N) is 2. The second-order valence-electron chi connectivity index (χ2n) is 9.19. The monoisotopic (exact) mass is 432 g/mol. The number of amides is 1. The van der Waals surface area contributed by atoms with Gasteiger partial charge in [0.05, 0.1) is 4.90 Å². The minimum absolute atomic E-state index is 0.0892. The van der Waals surface area contributed by atoms with Crippen LogP contribution in [0, 0.1) is 18.8 Å². The zero-order valence-electron chi connectivity index (χ0n) is 18.2. The molecule has 1 aromatic carbocycles. The molecule has 2 aliphatic heterocycles. The van der Waals surface area contributed by atoms with Crippen LogP contribution in [-0.2, 0) is 10.0 Å². The molecule has 0 aliphatic carbocycles. The van der Waals surface area contributed by atoms with Crippen LogP contribution in [0.15, 0.2) is 27.5 Å². The van der Waals surface area contributed by atoms with Crippen LogP contribution in [0.25, 0.3) is 11.0 Å². The molecule has 0 spiro atoms. The number of carbonyl (C=O) groups is 1. The molecule has 2 atom stereocenters. The lowest BCUT2D eigenvalue weighted by Crippen LogP contribution is -2.42. The van der Waals surface area contributed by atoms with Gasteiger partial charge in [-0.3, -0.25) is 4.79 Å². The molecule has 2 aromatic rings. The van der Waals surface area contributed by atoms with E-state index in [1.165, 1.54) is 0 Å². The average molecular weight is 433 g/mol. The molecule has 1 aromatic heterocycles. The van der Waals surface area contributed by atoms with Gasteiger partial charge in [-0.05, 0) is 56.2 Å². The molecule has 164 valence electrons. The summed E-state index contributed by atoms with van der Waals surface area (Å²) >= 11 is 0. The number of benzene rings is 1. The highest BCUT2D eigenvalue weighted by atomic mass is 32.2. The van der Waals surface area contributed by atoms with E-state index in [1.807, 2.05) is 11.8 Å². The van der Waals surface area contributed by atoms with Gasteiger partial charge in [0.1, 0.15) is 5.58 Å². The third-order valence-corrected chi connectivity index (χ3v) is 8.30. The van der Waals surface area contributed by atoms with Crippen molar-refractivity contribution in [1.82, 2.24) is 9.21 Å². The molecule has 0 saturated carbocycles. The maximum absolute atomic E-state index is 13.3. The van der Waals surface area contributed by atoms with E-state index in [2.05, 4.69) is 13.8 Å². The molecule has 2 fully saturated rings. The average Bonchev–Trinajstić information content (AvgIpc) is 2.87. The van der Waals surface area contributed by atoms with E-state index in [-0.39, 0.29) is 10.8 Å². The van der Waals surface area contributed by atoms with Crippen molar-refractivity contribution in [2.75, 3.05) is 26.2 Å². The summed E-state index contributed by atoms with van der Waals surface area (Å²) in [6.45, 7) is 8.64. The molecule has 30 heavy (non-hydrogen) atoms. The minimum Gasteiger partial charge on any atom is -0.451 e. The molecule has 2 aliphatic rings. The number of aryl methyl sites for hydroxylation is 1. The van der Waals surface area contributed by atoms with Gasteiger partial charge in [-0.2, -0.15) is 4.31 Å². The summed E-state index contributed by atoms with van der Waals surface area (Å²) < 4.78 is 34.1. The van der Waals surface area contributed by atoms with E-state index in [1.54, 1.807) is 22.5 Å². The Morgan fingerprint density at radius 1 is 1.03 bits per heavy atom. The van der Waals surface area contributed by atoms with Gasteiger partial charge in [0.15, 0.2) is 5.76 Å². The molecular weight excluding hydrogens is 400 g/mol. The van der Waals surface area contributed by atoms with Crippen molar-refractivity contribution in [3.8, 4) is 0 Å². The Labute approximate surface area is 179 Å². The molecule has 6 nitrogen and oxygen atoms in total. The standard InChI is InChI=1S/C23H32N2O4S/c1-16-12-17(2)15-25(14-16)30(27,28)19-8-9-21-20(13-19)18(3)22(29-21)23(26)24-10-6-4-5-7-11-24/h8-9,13,16-17H,4-7,10-12,14-15H2,1-3H3/t16-,17-/m0/s1. The van der Waals surface area contributed by atoms with E-state index >= 15 is 0 Å². The number of hydrogen-bond acceptors (Lipinski definition) is 4. The normalized spacial score (nSPS) is 24.2. The SMILES string of the molecule is Cc1c(C(=O)N2CCCCCC2)oc2ccc(S(=O)(=O)N3C[C@@H](C)C[C@H](C)C3)cc12. The van der Waals surface area contributed by atoms with E-state index in [9.17, 15) is 13.2 Å². The second-order valence-corrected chi connectivity index (χ2v) is 11.1. The lowest BCUT2D eigenvalue weighted by molar-refractivity contribution is 0.0731. The Hall–Kier alpha value is -1.86. The zero-order chi connectivity index (χ0) is 21.5. The van der Waals surface area contributed by atoms with Crippen molar-refractivity contribution in [3.63, 3.8) is 0 Å². The molecule has 0 N–H and O–H groups in total. The Balaban J connectivity index is 1.66. The summed E-state index contributed by atoms with van der Waals surface area (Å²) in [5, 5.41) is 0.701. The van der Waals surface area contributed by atoms with Crippen LogP contribution in [0.3, 0.4) is 0 Å². The summed E-state index contributed by atoms with van der Waals surface area (Å²) in [7, 11) is -3.58. The van der Waals surface area contributed by atoms with Gasteiger partial charge in [-0.25, -0.2) is 8.42 Å². The Morgan fingerprint density at radius 3 is 2.30 bits per heavy atom. The molecule has 0 bridgehead atoms. The van der Waals surface area contributed by atoms with Crippen LogP contribution >= 0.6 is 0 Å². The molecule has 7 heteroatoms. The molecule has 2 saturated heterocycles. The molecule has 0 unspecified atom stereocenters. The number of rotatable bonds is 3. The van der Waals surface area contributed by atoms with Gasteiger partial charge in [0.2, 0.25) is 10.0 Å². The fourth-order valence-electron chi connectivity index (χ4n) is 4.93. The van der Waals surface area contributed by atoms with Crippen LogP contribution in [0.1, 0.15) is 62.1 Å². The lowest BCUT2D eigenvalue weighted by Gasteiger charge is -2.34. The van der Waals surface area contributed by atoms with Crippen molar-refractivity contribution in [2.45, 2.75) is 57.8 Å². The van der Waals surface area contributed by atoms with E-state index in [0.29, 0.717) is 41.7 Å². The largest absolute Gasteiger partial charge is 0.451 e. The number of carbonyl (C=O) groups excluding carboxylic acids is 1. The Bertz CT molecular complexity index is 1020. The van der Waals surface area contributed by atoms with Crippen LogP contribution in [0.2, 0.25) is 0 Å². The van der Waals surface area contributed by atoms with Gasteiger partial charge in [-0.15, -0.1) is 0 Å². The number of likely N-dealkylation sites (tertiary alicyclic amines) is 1. The second kappa shape index (κ2) is 8.35. The summed E-state index contributed by atoms with van der Waals surface area (Å²) in [6, 6.07) is 4.96. The fraction of sp³-hybridized carbons (Fsp3) is 0.609. The van der Waals surface area contributed by atoms with Crippen LogP contribution in [0.5, 0.6) is 0 Å². The van der Waals surface area contributed by atoms with Crippen molar-refractivity contribution in [1.29, 1.82) is 0 Å². The van der Waals surface area contributed by atoms with Crippen LogP contribution in [0.4, 0.5) is 0 Å². The first-order valence-corrected chi connectivity index (χ1v) is 12.5. The summed E-state index contributed by atoms with van der Waals surface area (Å²) in [6.07, 6.45) is 5.38. The number of piperidine rings is 1. The highest BCUT2D eigenvalue weighted by molar-refractivity contribution is 7.89. The van der Waals surface area contributed by atoms with E-state index in [0.717, 1.165) is 50.8 Å². The highest BCUT2D eigenvalue weighted by Crippen LogP contribution is 2.32. The number of fused-ring (bicyclic) bond motifs is 1. The van der Waals surface area contributed by atoms with Gasteiger partial charge < -0.3 is 9.32 Å². The number of hydrogen-bond donors (Lipinski definition) is 0. The number of sulfonamides is 1. The third kappa shape index (κ3) is 4.02. The third-order valence-electron chi connectivity index (χ3n) is 6.47. The van der Waals surface area contributed by atoms with Crippen molar-refractivity contribution in [3.05, 3.63) is 29.5 Å². The fourth-order valence-corrected chi connectivity index (χ4v) is 6.64. The zero-order valence-corrected chi connectivity index (χ0v) is 19.0. The molecule has 0 radical (unpaired) electrons. The van der Waals surface area contributed by atoms with Gasteiger partial charge in [-0.1, -0.05) is 26.7 Å². The minimum atomic E-state index is -3.58. The highest BCUT2D eigenvalue weighted by Gasteiger charge is 2.32. The van der Waals surface area contributed by atoms with Crippen molar-refractivity contribution >= 4 is 26.9 Å². The predicted octanol–water partition coefficient (Wildman–Crippen LogP) is 4.42. The summed E-state index contributed by atoms with van der Waals surface area (Å²) in [5.74, 6) is 0.942. The molecule has 4 rings (SSSR count). The Kier molecular flexibility index (Phi) is 5.95.